The van der Waals surface area contributed by atoms with E-state index in [9.17, 15) is 9.59 Å². The van der Waals surface area contributed by atoms with Crippen molar-refractivity contribution in [3.63, 3.8) is 0 Å². The number of anilines is 2. The summed E-state index contributed by atoms with van der Waals surface area (Å²) < 4.78 is 5.77. The fourth-order valence-electron chi connectivity index (χ4n) is 3.63. The molecular formula is C29H27ClN2O3. The van der Waals surface area contributed by atoms with E-state index in [2.05, 4.69) is 31.4 Å². The van der Waals surface area contributed by atoms with Gasteiger partial charge in [-0.1, -0.05) is 56.6 Å². The highest BCUT2D eigenvalue weighted by Crippen LogP contribution is 2.30. The normalized spacial score (nSPS) is 11.2. The SMILES string of the molecule is Cc1c(Cl)cccc1-c1ccc(C(=O)Nc2ccc(NC(=O)c3ccc(C(C)(C)C)cc3)cc2)o1. The molecule has 4 rings (SSSR count). The first-order chi connectivity index (χ1) is 16.6. The summed E-state index contributed by atoms with van der Waals surface area (Å²) in [7, 11) is 0. The maximum Gasteiger partial charge on any atom is 0.291 e. The number of rotatable bonds is 5. The summed E-state index contributed by atoms with van der Waals surface area (Å²) in [5, 5.41) is 6.33. The molecule has 1 heterocycles. The molecule has 35 heavy (non-hydrogen) atoms. The lowest BCUT2D eigenvalue weighted by atomic mass is 9.87. The van der Waals surface area contributed by atoms with Crippen molar-refractivity contribution in [1.29, 1.82) is 0 Å². The number of furan rings is 1. The molecule has 0 saturated carbocycles. The lowest BCUT2D eigenvalue weighted by molar-refractivity contribution is 0.0995. The molecular weight excluding hydrogens is 460 g/mol. The zero-order valence-electron chi connectivity index (χ0n) is 20.1. The molecule has 178 valence electrons. The van der Waals surface area contributed by atoms with Crippen molar-refractivity contribution < 1.29 is 14.0 Å². The molecule has 0 fully saturated rings. The van der Waals surface area contributed by atoms with Gasteiger partial charge in [-0.3, -0.25) is 9.59 Å². The number of benzene rings is 3. The Kier molecular flexibility index (Phi) is 6.81. The van der Waals surface area contributed by atoms with Crippen LogP contribution in [0.15, 0.2) is 83.3 Å². The van der Waals surface area contributed by atoms with E-state index in [1.54, 1.807) is 36.4 Å². The Bertz CT molecular complexity index is 1360. The molecule has 4 aromatic rings. The first kappa shape index (κ1) is 24.3. The number of carbonyl (C=O) groups excluding carboxylic acids is 2. The third kappa shape index (κ3) is 5.64. The second-order valence-electron chi connectivity index (χ2n) is 9.39. The van der Waals surface area contributed by atoms with Crippen LogP contribution in [0, 0.1) is 6.92 Å². The average Bonchev–Trinajstić information content (AvgIpc) is 3.32. The minimum atomic E-state index is -0.369. The molecule has 2 N–H and O–H groups in total. The van der Waals surface area contributed by atoms with E-state index in [0.717, 1.165) is 11.1 Å². The summed E-state index contributed by atoms with van der Waals surface area (Å²) >= 11 is 6.19. The van der Waals surface area contributed by atoms with Crippen LogP contribution in [-0.4, -0.2) is 11.8 Å². The van der Waals surface area contributed by atoms with Gasteiger partial charge in [-0.15, -0.1) is 0 Å². The maximum absolute atomic E-state index is 12.7. The number of hydrogen-bond donors (Lipinski definition) is 2. The first-order valence-electron chi connectivity index (χ1n) is 11.3. The molecule has 0 unspecified atom stereocenters. The van der Waals surface area contributed by atoms with E-state index in [4.69, 9.17) is 16.0 Å². The zero-order chi connectivity index (χ0) is 25.2. The predicted octanol–water partition coefficient (Wildman–Crippen LogP) is 7.71. The van der Waals surface area contributed by atoms with Gasteiger partial charge in [-0.25, -0.2) is 0 Å². The summed E-state index contributed by atoms with van der Waals surface area (Å²) in [5.74, 6) is 0.201. The van der Waals surface area contributed by atoms with E-state index in [0.29, 0.717) is 27.7 Å². The van der Waals surface area contributed by atoms with Gasteiger partial charge in [0, 0.05) is 27.5 Å². The van der Waals surface area contributed by atoms with Crippen molar-refractivity contribution >= 4 is 34.8 Å². The summed E-state index contributed by atoms with van der Waals surface area (Å²) in [4.78, 5) is 25.2. The fraction of sp³-hybridized carbons (Fsp3) is 0.172. The molecule has 0 spiro atoms. The molecule has 0 aliphatic heterocycles. The Morgan fingerprint density at radius 2 is 1.37 bits per heavy atom. The molecule has 3 aromatic carbocycles. The number of nitrogens with one attached hydrogen (secondary N) is 2. The maximum atomic E-state index is 12.7. The van der Waals surface area contributed by atoms with Crippen molar-refractivity contribution in [2.75, 3.05) is 10.6 Å². The molecule has 0 aliphatic rings. The first-order valence-corrected chi connectivity index (χ1v) is 11.7. The van der Waals surface area contributed by atoms with Gasteiger partial charge in [-0.05, 0) is 78.1 Å². The van der Waals surface area contributed by atoms with Gasteiger partial charge >= 0.3 is 0 Å². The van der Waals surface area contributed by atoms with Crippen LogP contribution in [0.1, 0.15) is 52.8 Å². The third-order valence-electron chi connectivity index (χ3n) is 5.78. The second-order valence-corrected chi connectivity index (χ2v) is 9.80. The fourth-order valence-corrected chi connectivity index (χ4v) is 3.81. The Labute approximate surface area is 210 Å². The molecule has 0 aliphatic carbocycles. The molecule has 0 bridgehead atoms. The van der Waals surface area contributed by atoms with E-state index in [1.807, 2.05) is 49.4 Å². The van der Waals surface area contributed by atoms with Gasteiger partial charge in [0.05, 0.1) is 0 Å². The van der Waals surface area contributed by atoms with Crippen LogP contribution in [0.25, 0.3) is 11.3 Å². The number of carbonyl (C=O) groups is 2. The van der Waals surface area contributed by atoms with Gasteiger partial charge in [0.2, 0.25) is 0 Å². The highest BCUT2D eigenvalue weighted by molar-refractivity contribution is 6.31. The van der Waals surface area contributed by atoms with Crippen LogP contribution in [0.5, 0.6) is 0 Å². The highest BCUT2D eigenvalue weighted by Gasteiger charge is 2.16. The summed E-state index contributed by atoms with van der Waals surface area (Å²) in [6, 6.07) is 23.4. The predicted molar refractivity (Wildman–Crippen MR) is 141 cm³/mol. The van der Waals surface area contributed by atoms with Gasteiger partial charge < -0.3 is 15.1 Å². The minimum Gasteiger partial charge on any atom is -0.451 e. The zero-order valence-corrected chi connectivity index (χ0v) is 20.9. The number of hydrogen-bond acceptors (Lipinski definition) is 3. The molecule has 0 saturated heterocycles. The molecule has 2 amide bonds. The lowest BCUT2D eigenvalue weighted by Gasteiger charge is -2.19. The second kappa shape index (κ2) is 9.80. The van der Waals surface area contributed by atoms with E-state index >= 15 is 0 Å². The summed E-state index contributed by atoms with van der Waals surface area (Å²) in [6.07, 6.45) is 0. The molecule has 1 aromatic heterocycles. The monoisotopic (exact) mass is 486 g/mol. The Morgan fingerprint density at radius 3 is 1.97 bits per heavy atom. The van der Waals surface area contributed by atoms with Crippen molar-refractivity contribution in [2.45, 2.75) is 33.1 Å². The van der Waals surface area contributed by atoms with Crippen molar-refractivity contribution in [2.24, 2.45) is 0 Å². The molecule has 5 nitrogen and oxygen atoms in total. The van der Waals surface area contributed by atoms with Crippen LogP contribution in [0.2, 0.25) is 5.02 Å². The third-order valence-corrected chi connectivity index (χ3v) is 6.19. The van der Waals surface area contributed by atoms with Crippen LogP contribution < -0.4 is 10.6 Å². The van der Waals surface area contributed by atoms with Crippen LogP contribution in [0.4, 0.5) is 11.4 Å². The summed E-state index contributed by atoms with van der Waals surface area (Å²) in [5.41, 5.74) is 4.71. The van der Waals surface area contributed by atoms with E-state index in [1.165, 1.54) is 5.56 Å². The smallest absolute Gasteiger partial charge is 0.291 e. The van der Waals surface area contributed by atoms with Crippen LogP contribution >= 0.6 is 11.6 Å². The standard InChI is InChI=1S/C29H27ClN2O3/c1-18-23(6-5-7-24(18)30)25-16-17-26(35-25)28(34)32-22-14-12-21(13-15-22)31-27(33)19-8-10-20(11-9-19)29(2,3)4/h5-17H,1-4H3,(H,31,33)(H,32,34). The van der Waals surface area contributed by atoms with Crippen molar-refractivity contribution in [3.05, 3.63) is 106 Å². The Hall–Kier alpha value is -3.83. The van der Waals surface area contributed by atoms with Gasteiger partial charge in [-0.2, -0.15) is 0 Å². The molecule has 0 radical (unpaired) electrons. The van der Waals surface area contributed by atoms with Crippen LogP contribution in [0.3, 0.4) is 0 Å². The summed E-state index contributed by atoms with van der Waals surface area (Å²) in [6.45, 7) is 8.30. The average molecular weight is 487 g/mol. The van der Waals surface area contributed by atoms with E-state index in [-0.39, 0.29) is 23.0 Å². The van der Waals surface area contributed by atoms with Crippen molar-refractivity contribution in [3.8, 4) is 11.3 Å². The van der Waals surface area contributed by atoms with Gasteiger partial charge in [0.1, 0.15) is 5.76 Å². The Morgan fingerprint density at radius 1 is 0.771 bits per heavy atom. The molecule has 0 atom stereocenters. The lowest BCUT2D eigenvalue weighted by Crippen LogP contribution is -2.14. The quantitative estimate of drug-likeness (QED) is 0.303. The van der Waals surface area contributed by atoms with Crippen molar-refractivity contribution in [1.82, 2.24) is 0 Å². The topological polar surface area (TPSA) is 71.3 Å². The van der Waals surface area contributed by atoms with Gasteiger partial charge in [0.25, 0.3) is 11.8 Å². The number of halogens is 1. The van der Waals surface area contributed by atoms with Crippen LogP contribution in [-0.2, 0) is 5.41 Å². The number of amides is 2. The highest BCUT2D eigenvalue weighted by atomic mass is 35.5. The minimum absolute atomic E-state index is 0.0285. The molecule has 6 heteroatoms. The largest absolute Gasteiger partial charge is 0.451 e. The van der Waals surface area contributed by atoms with E-state index < -0.39 is 0 Å². The Balaban J connectivity index is 1.39. The van der Waals surface area contributed by atoms with Gasteiger partial charge in [0.15, 0.2) is 5.76 Å².